The fourth-order valence-corrected chi connectivity index (χ4v) is 2.59. The van der Waals surface area contributed by atoms with Gasteiger partial charge in [0.2, 0.25) is 5.91 Å². The van der Waals surface area contributed by atoms with Gasteiger partial charge in [-0.05, 0) is 31.9 Å². The average Bonchev–Trinajstić information content (AvgIpc) is 2.52. The number of hydrogen-bond acceptors (Lipinski definition) is 5. The highest BCUT2D eigenvalue weighted by molar-refractivity contribution is 5.81. The van der Waals surface area contributed by atoms with Crippen molar-refractivity contribution in [2.75, 3.05) is 19.7 Å². The molecule has 8 nitrogen and oxygen atoms in total. The molecular weight excluding hydrogens is 302 g/mol. The quantitative estimate of drug-likeness (QED) is 0.641. The number of hydrogen-bond donors (Lipinski definition) is 1. The second-order valence-electron chi connectivity index (χ2n) is 5.58. The number of ether oxygens (including phenoxy) is 1. The highest BCUT2D eigenvalue weighted by atomic mass is 16.6. The first-order chi connectivity index (χ1) is 10.9. The lowest BCUT2D eigenvalue weighted by Crippen LogP contribution is -2.45. The van der Waals surface area contributed by atoms with E-state index in [9.17, 15) is 19.7 Å². The number of piperidine rings is 1. The zero-order valence-electron chi connectivity index (χ0n) is 12.9. The summed E-state index contributed by atoms with van der Waals surface area (Å²) in [6, 6.07) is 4.33. The van der Waals surface area contributed by atoms with Crippen molar-refractivity contribution in [1.82, 2.24) is 4.90 Å². The van der Waals surface area contributed by atoms with Crippen LogP contribution < -0.4 is 10.5 Å². The second-order valence-corrected chi connectivity index (χ2v) is 5.58. The van der Waals surface area contributed by atoms with Crippen molar-refractivity contribution in [2.45, 2.75) is 19.8 Å². The normalized spacial score (nSPS) is 17.6. The molecule has 1 atom stereocenters. The van der Waals surface area contributed by atoms with Crippen LogP contribution in [0.15, 0.2) is 18.2 Å². The van der Waals surface area contributed by atoms with Crippen LogP contribution in [0.4, 0.5) is 5.69 Å². The summed E-state index contributed by atoms with van der Waals surface area (Å²) < 4.78 is 5.40. The molecule has 0 unspecified atom stereocenters. The zero-order chi connectivity index (χ0) is 17.0. The van der Waals surface area contributed by atoms with E-state index < -0.39 is 10.8 Å². The summed E-state index contributed by atoms with van der Waals surface area (Å²) in [7, 11) is 0. The number of aryl methyl sites for hydroxylation is 1. The molecule has 0 aromatic heterocycles. The number of nitro benzene ring substituents is 1. The third-order valence-electron chi connectivity index (χ3n) is 3.90. The van der Waals surface area contributed by atoms with E-state index in [1.807, 2.05) is 0 Å². The van der Waals surface area contributed by atoms with Crippen LogP contribution in [-0.4, -0.2) is 41.3 Å². The molecule has 8 heteroatoms. The van der Waals surface area contributed by atoms with E-state index in [4.69, 9.17) is 10.5 Å². The van der Waals surface area contributed by atoms with Gasteiger partial charge in [-0.3, -0.25) is 19.7 Å². The predicted molar refractivity (Wildman–Crippen MR) is 81.8 cm³/mol. The van der Waals surface area contributed by atoms with E-state index in [1.54, 1.807) is 11.8 Å². The number of likely N-dealkylation sites (tertiary alicyclic amines) is 1. The highest BCUT2D eigenvalue weighted by Crippen LogP contribution is 2.23. The van der Waals surface area contributed by atoms with Crippen LogP contribution in [0.5, 0.6) is 5.75 Å². The van der Waals surface area contributed by atoms with Crippen LogP contribution in [-0.2, 0) is 9.59 Å². The van der Waals surface area contributed by atoms with Crippen LogP contribution in [0, 0.1) is 23.0 Å². The first kappa shape index (κ1) is 16.7. The Morgan fingerprint density at radius 2 is 2.22 bits per heavy atom. The minimum atomic E-state index is -0.470. The van der Waals surface area contributed by atoms with Crippen molar-refractivity contribution >= 4 is 17.5 Å². The third kappa shape index (κ3) is 4.18. The lowest BCUT2D eigenvalue weighted by molar-refractivity contribution is -0.385. The molecule has 0 radical (unpaired) electrons. The fourth-order valence-electron chi connectivity index (χ4n) is 2.59. The molecule has 1 aliphatic heterocycles. The van der Waals surface area contributed by atoms with E-state index in [1.165, 1.54) is 18.2 Å². The summed E-state index contributed by atoms with van der Waals surface area (Å²) in [6.07, 6.45) is 1.43. The number of nitro groups is 1. The van der Waals surface area contributed by atoms with Gasteiger partial charge in [0.1, 0.15) is 5.75 Å². The van der Waals surface area contributed by atoms with Gasteiger partial charge in [0, 0.05) is 24.7 Å². The molecule has 0 bridgehead atoms. The van der Waals surface area contributed by atoms with Gasteiger partial charge in [0.15, 0.2) is 6.61 Å². The molecule has 2 amide bonds. The number of primary amides is 1. The monoisotopic (exact) mass is 321 g/mol. The SMILES string of the molecule is Cc1cc(OCC(=O)N2CCC[C@@H](C(N)=O)C2)ccc1[N+](=O)[O-]. The van der Waals surface area contributed by atoms with Crippen molar-refractivity contribution in [3.63, 3.8) is 0 Å². The van der Waals surface area contributed by atoms with Crippen molar-refractivity contribution < 1.29 is 19.2 Å². The summed E-state index contributed by atoms with van der Waals surface area (Å²) in [5.74, 6) is -0.541. The van der Waals surface area contributed by atoms with Gasteiger partial charge < -0.3 is 15.4 Å². The van der Waals surface area contributed by atoms with Crippen molar-refractivity contribution in [3.8, 4) is 5.75 Å². The Kier molecular flexibility index (Phi) is 5.15. The Morgan fingerprint density at radius 1 is 1.48 bits per heavy atom. The van der Waals surface area contributed by atoms with Crippen LogP contribution in [0.1, 0.15) is 18.4 Å². The van der Waals surface area contributed by atoms with Crippen LogP contribution in [0.2, 0.25) is 0 Å². The molecule has 2 rings (SSSR count). The summed E-state index contributed by atoms with van der Waals surface area (Å²) >= 11 is 0. The number of rotatable bonds is 5. The van der Waals surface area contributed by atoms with E-state index >= 15 is 0 Å². The first-order valence-corrected chi connectivity index (χ1v) is 7.33. The molecule has 0 aliphatic carbocycles. The lowest BCUT2D eigenvalue weighted by atomic mass is 9.97. The van der Waals surface area contributed by atoms with Crippen molar-refractivity contribution in [3.05, 3.63) is 33.9 Å². The molecule has 2 N–H and O–H groups in total. The predicted octanol–water partition coefficient (Wildman–Crippen LogP) is 1.01. The van der Waals surface area contributed by atoms with Gasteiger partial charge in [-0.15, -0.1) is 0 Å². The molecule has 1 aromatic rings. The lowest BCUT2D eigenvalue weighted by Gasteiger charge is -2.31. The van der Waals surface area contributed by atoms with Crippen molar-refractivity contribution in [1.29, 1.82) is 0 Å². The number of carbonyl (C=O) groups excluding carboxylic acids is 2. The number of carbonyl (C=O) groups is 2. The van der Waals surface area contributed by atoms with E-state index in [2.05, 4.69) is 0 Å². The van der Waals surface area contributed by atoms with Gasteiger partial charge in [0.05, 0.1) is 10.8 Å². The molecule has 0 spiro atoms. The molecule has 23 heavy (non-hydrogen) atoms. The minimum absolute atomic E-state index is 0.00371. The summed E-state index contributed by atoms with van der Waals surface area (Å²) in [6.45, 7) is 2.32. The molecule has 1 aromatic carbocycles. The molecule has 1 fully saturated rings. The molecular formula is C15H19N3O5. The highest BCUT2D eigenvalue weighted by Gasteiger charge is 2.27. The third-order valence-corrected chi connectivity index (χ3v) is 3.90. The number of nitrogens with two attached hydrogens (primary N) is 1. The average molecular weight is 321 g/mol. The Balaban J connectivity index is 1.92. The molecule has 0 saturated carbocycles. The molecule has 1 aliphatic rings. The van der Waals surface area contributed by atoms with Gasteiger partial charge in [-0.25, -0.2) is 0 Å². The van der Waals surface area contributed by atoms with Crippen molar-refractivity contribution in [2.24, 2.45) is 11.7 Å². The number of amides is 2. The Morgan fingerprint density at radius 3 is 2.83 bits per heavy atom. The fraction of sp³-hybridized carbons (Fsp3) is 0.467. The van der Waals surface area contributed by atoms with Crippen LogP contribution in [0.25, 0.3) is 0 Å². The van der Waals surface area contributed by atoms with Gasteiger partial charge >= 0.3 is 0 Å². The summed E-state index contributed by atoms with van der Waals surface area (Å²) in [5.41, 5.74) is 5.75. The largest absolute Gasteiger partial charge is 0.484 e. The Hall–Kier alpha value is -2.64. The first-order valence-electron chi connectivity index (χ1n) is 7.33. The maximum Gasteiger partial charge on any atom is 0.272 e. The summed E-state index contributed by atoms with van der Waals surface area (Å²) in [5, 5.41) is 10.8. The van der Waals surface area contributed by atoms with Gasteiger partial charge in [0.25, 0.3) is 11.6 Å². The standard InChI is InChI=1S/C15H19N3O5/c1-10-7-12(4-5-13(10)18(21)22)23-9-14(19)17-6-2-3-11(8-17)15(16)20/h4-5,7,11H,2-3,6,8-9H2,1H3,(H2,16,20)/t11-/m1/s1. The summed E-state index contributed by atoms with van der Waals surface area (Å²) in [4.78, 5) is 35.2. The van der Waals surface area contributed by atoms with E-state index in [-0.39, 0.29) is 24.1 Å². The topological polar surface area (TPSA) is 116 Å². The molecule has 124 valence electrons. The number of benzene rings is 1. The van der Waals surface area contributed by atoms with Gasteiger partial charge in [-0.1, -0.05) is 0 Å². The van der Waals surface area contributed by atoms with Crippen LogP contribution >= 0.6 is 0 Å². The molecule has 1 saturated heterocycles. The minimum Gasteiger partial charge on any atom is -0.484 e. The second kappa shape index (κ2) is 7.08. The van der Waals surface area contributed by atoms with E-state index in [0.717, 1.165) is 6.42 Å². The molecule has 1 heterocycles. The maximum absolute atomic E-state index is 12.1. The smallest absolute Gasteiger partial charge is 0.272 e. The Labute approximate surface area is 133 Å². The van der Waals surface area contributed by atoms with Gasteiger partial charge in [-0.2, -0.15) is 0 Å². The zero-order valence-corrected chi connectivity index (χ0v) is 12.9. The Bertz CT molecular complexity index is 632. The maximum atomic E-state index is 12.1. The van der Waals surface area contributed by atoms with Crippen LogP contribution in [0.3, 0.4) is 0 Å². The van der Waals surface area contributed by atoms with E-state index in [0.29, 0.717) is 30.8 Å². The number of nitrogens with zero attached hydrogens (tertiary/aromatic N) is 2.